The molecular formula is C6H7N5S. The Bertz CT molecular complexity index is 352. The summed E-state index contributed by atoms with van der Waals surface area (Å²) in [5, 5.41) is 14.1. The molecule has 0 saturated carbocycles. The highest BCUT2D eigenvalue weighted by atomic mass is 32.1. The van der Waals surface area contributed by atoms with Crippen LogP contribution in [0.1, 0.15) is 5.82 Å². The van der Waals surface area contributed by atoms with Gasteiger partial charge in [-0.3, -0.25) is 0 Å². The van der Waals surface area contributed by atoms with Crippen LogP contribution in [0, 0.1) is 0 Å². The van der Waals surface area contributed by atoms with Crippen molar-refractivity contribution in [2.24, 2.45) is 5.73 Å². The molecule has 0 aliphatic carbocycles. The molecule has 2 heterocycles. The van der Waals surface area contributed by atoms with Gasteiger partial charge in [-0.05, 0) is 27.9 Å². The van der Waals surface area contributed by atoms with E-state index in [2.05, 4.69) is 15.5 Å². The Kier molecular flexibility index (Phi) is 1.84. The molecule has 62 valence electrons. The molecule has 6 heteroatoms. The third-order valence-corrected chi connectivity index (χ3v) is 2.28. The summed E-state index contributed by atoms with van der Waals surface area (Å²) in [5.41, 5.74) is 5.44. The number of hydrogen-bond donors (Lipinski definition) is 1. The van der Waals surface area contributed by atoms with E-state index in [0.29, 0.717) is 12.4 Å². The first-order chi connectivity index (χ1) is 5.92. The zero-order valence-corrected chi connectivity index (χ0v) is 7.03. The second-order valence-corrected chi connectivity index (χ2v) is 3.09. The molecule has 12 heavy (non-hydrogen) atoms. The molecule has 0 amide bonds. The molecular weight excluding hydrogens is 174 g/mol. The van der Waals surface area contributed by atoms with Gasteiger partial charge in [0.25, 0.3) is 0 Å². The highest BCUT2D eigenvalue weighted by Crippen LogP contribution is 2.13. The van der Waals surface area contributed by atoms with E-state index in [1.165, 1.54) is 0 Å². The van der Waals surface area contributed by atoms with Crippen LogP contribution in [0.5, 0.6) is 0 Å². The maximum Gasteiger partial charge on any atom is 0.171 e. The van der Waals surface area contributed by atoms with Crippen LogP contribution in [0.2, 0.25) is 0 Å². The average Bonchev–Trinajstić information content (AvgIpc) is 2.74. The van der Waals surface area contributed by atoms with E-state index in [1.807, 2.05) is 17.5 Å². The predicted octanol–water partition coefficient (Wildman–Crippen LogP) is 0.182. The summed E-state index contributed by atoms with van der Waals surface area (Å²) in [7, 11) is 0. The zero-order chi connectivity index (χ0) is 8.39. The molecule has 2 aromatic rings. The molecule has 0 bridgehead atoms. The lowest BCUT2D eigenvalue weighted by Gasteiger charge is -1.96. The van der Waals surface area contributed by atoms with E-state index in [4.69, 9.17) is 5.73 Å². The Morgan fingerprint density at radius 1 is 1.58 bits per heavy atom. The third kappa shape index (κ3) is 1.10. The quantitative estimate of drug-likeness (QED) is 0.717. The molecule has 2 rings (SSSR count). The first kappa shape index (κ1) is 7.38. The van der Waals surface area contributed by atoms with Crippen LogP contribution in [0.4, 0.5) is 0 Å². The van der Waals surface area contributed by atoms with Gasteiger partial charge in [0.2, 0.25) is 0 Å². The van der Waals surface area contributed by atoms with Crippen LogP contribution in [0.15, 0.2) is 17.5 Å². The van der Waals surface area contributed by atoms with Crippen molar-refractivity contribution in [3.05, 3.63) is 23.3 Å². The predicted molar refractivity (Wildman–Crippen MR) is 44.9 cm³/mol. The van der Waals surface area contributed by atoms with Gasteiger partial charge in [-0.15, -0.1) is 16.4 Å². The highest BCUT2D eigenvalue weighted by molar-refractivity contribution is 7.12. The Morgan fingerprint density at radius 2 is 2.50 bits per heavy atom. The first-order valence-electron chi connectivity index (χ1n) is 3.43. The second kappa shape index (κ2) is 3.00. The number of hydrogen-bond acceptors (Lipinski definition) is 5. The van der Waals surface area contributed by atoms with Crippen molar-refractivity contribution in [3.8, 4) is 5.00 Å². The van der Waals surface area contributed by atoms with Gasteiger partial charge in [0.15, 0.2) is 5.82 Å². The SMILES string of the molecule is NCc1nnnn1-c1cccs1. The van der Waals surface area contributed by atoms with Gasteiger partial charge in [0.05, 0.1) is 6.54 Å². The standard InChI is InChI=1S/C6H7N5S/c7-4-5-8-9-10-11(5)6-2-1-3-12-6/h1-3H,4,7H2. The van der Waals surface area contributed by atoms with E-state index < -0.39 is 0 Å². The van der Waals surface area contributed by atoms with Crippen LogP contribution in [0.25, 0.3) is 5.00 Å². The molecule has 5 nitrogen and oxygen atoms in total. The largest absolute Gasteiger partial charge is 0.324 e. The number of nitrogens with zero attached hydrogens (tertiary/aromatic N) is 4. The van der Waals surface area contributed by atoms with Crippen molar-refractivity contribution in [1.82, 2.24) is 20.2 Å². The van der Waals surface area contributed by atoms with Gasteiger partial charge in [-0.1, -0.05) is 0 Å². The van der Waals surface area contributed by atoms with Crippen molar-refractivity contribution in [2.75, 3.05) is 0 Å². The number of thiophene rings is 1. The first-order valence-corrected chi connectivity index (χ1v) is 4.31. The summed E-state index contributed by atoms with van der Waals surface area (Å²) < 4.78 is 1.64. The van der Waals surface area contributed by atoms with E-state index in [1.54, 1.807) is 16.0 Å². The van der Waals surface area contributed by atoms with Crippen molar-refractivity contribution in [1.29, 1.82) is 0 Å². The van der Waals surface area contributed by atoms with Crippen LogP contribution >= 0.6 is 11.3 Å². The highest BCUT2D eigenvalue weighted by Gasteiger charge is 2.05. The van der Waals surface area contributed by atoms with Crippen molar-refractivity contribution in [2.45, 2.75) is 6.54 Å². The number of tetrazole rings is 1. The number of aromatic nitrogens is 4. The minimum Gasteiger partial charge on any atom is -0.324 e. The van der Waals surface area contributed by atoms with E-state index in [0.717, 1.165) is 5.00 Å². The molecule has 0 aliphatic rings. The van der Waals surface area contributed by atoms with E-state index in [9.17, 15) is 0 Å². The molecule has 2 aromatic heterocycles. The van der Waals surface area contributed by atoms with Crippen molar-refractivity contribution < 1.29 is 0 Å². The summed E-state index contributed by atoms with van der Waals surface area (Å²) in [4.78, 5) is 0. The summed E-state index contributed by atoms with van der Waals surface area (Å²) in [5.74, 6) is 0.678. The molecule has 0 fully saturated rings. The molecule has 0 radical (unpaired) electrons. The molecule has 0 spiro atoms. The number of nitrogens with two attached hydrogens (primary N) is 1. The van der Waals surface area contributed by atoms with Gasteiger partial charge in [0, 0.05) is 0 Å². The lowest BCUT2D eigenvalue weighted by molar-refractivity contribution is 0.772. The van der Waals surface area contributed by atoms with Gasteiger partial charge < -0.3 is 5.73 Å². The van der Waals surface area contributed by atoms with Gasteiger partial charge in [-0.2, -0.15) is 4.68 Å². The normalized spacial score (nSPS) is 10.4. The van der Waals surface area contributed by atoms with Gasteiger partial charge >= 0.3 is 0 Å². The number of rotatable bonds is 2. The van der Waals surface area contributed by atoms with E-state index in [-0.39, 0.29) is 0 Å². The van der Waals surface area contributed by atoms with Crippen LogP contribution in [-0.4, -0.2) is 20.2 Å². The zero-order valence-electron chi connectivity index (χ0n) is 6.21. The van der Waals surface area contributed by atoms with Crippen molar-refractivity contribution >= 4 is 11.3 Å². The molecule has 0 aliphatic heterocycles. The summed E-state index contributed by atoms with van der Waals surface area (Å²) in [6.45, 7) is 0.352. The Hall–Kier alpha value is -1.27. The van der Waals surface area contributed by atoms with Gasteiger partial charge in [0.1, 0.15) is 5.00 Å². The molecule has 0 unspecified atom stereocenters. The second-order valence-electron chi connectivity index (χ2n) is 2.16. The fourth-order valence-electron chi connectivity index (χ4n) is 0.895. The fraction of sp³-hybridized carbons (Fsp3) is 0.167. The molecule has 2 N–H and O–H groups in total. The smallest absolute Gasteiger partial charge is 0.171 e. The molecule has 0 aromatic carbocycles. The maximum absolute atomic E-state index is 5.44. The average molecular weight is 181 g/mol. The Labute approximate surface area is 72.8 Å². The topological polar surface area (TPSA) is 69.6 Å². The lowest BCUT2D eigenvalue weighted by Crippen LogP contribution is -2.06. The third-order valence-electron chi connectivity index (χ3n) is 1.43. The fourth-order valence-corrected chi connectivity index (χ4v) is 1.59. The van der Waals surface area contributed by atoms with E-state index >= 15 is 0 Å². The van der Waals surface area contributed by atoms with Crippen LogP contribution < -0.4 is 5.73 Å². The van der Waals surface area contributed by atoms with Crippen molar-refractivity contribution in [3.63, 3.8) is 0 Å². The Morgan fingerprint density at radius 3 is 3.17 bits per heavy atom. The van der Waals surface area contributed by atoms with Gasteiger partial charge in [-0.25, -0.2) is 0 Å². The molecule has 0 saturated heterocycles. The van der Waals surface area contributed by atoms with Crippen LogP contribution in [-0.2, 0) is 6.54 Å². The summed E-state index contributed by atoms with van der Waals surface area (Å²) in [6, 6.07) is 3.89. The lowest BCUT2D eigenvalue weighted by atomic mass is 10.6. The van der Waals surface area contributed by atoms with Crippen LogP contribution in [0.3, 0.4) is 0 Å². The summed E-state index contributed by atoms with van der Waals surface area (Å²) >= 11 is 1.58. The summed E-state index contributed by atoms with van der Waals surface area (Å²) in [6.07, 6.45) is 0. The molecule has 0 atom stereocenters. The minimum atomic E-state index is 0.352. The monoisotopic (exact) mass is 181 g/mol. The minimum absolute atomic E-state index is 0.352. The Balaban J connectivity index is 2.46. The maximum atomic E-state index is 5.44.